The molecule has 0 aromatic carbocycles. The summed E-state index contributed by atoms with van der Waals surface area (Å²) in [5, 5.41) is 0. The Kier molecular flexibility index (Phi) is 8.72. The molecule has 0 heterocycles. The van der Waals surface area contributed by atoms with Crippen LogP contribution in [0.1, 0.15) is 61.8 Å². The average molecular weight is 314 g/mol. The fourth-order valence-electron chi connectivity index (χ4n) is 2.48. The quantitative estimate of drug-likeness (QED) is 0.634. The highest BCUT2D eigenvalue weighted by atomic mass is 16.5. The Labute approximate surface area is 135 Å². The molecule has 2 unspecified atom stereocenters. The molecule has 0 radical (unpaired) electrons. The molecule has 0 bridgehead atoms. The van der Waals surface area contributed by atoms with E-state index in [0.29, 0.717) is 25.0 Å². The van der Waals surface area contributed by atoms with E-state index in [-0.39, 0.29) is 35.6 Å². The van der Waals surface area contributed by atoms with Crippen molar-refractivity contribution in [3.8, 4) is 0 Å². The Morgan fingerprint density at radius 3 is 1.73 bits per heavy atom. The molecule has 0 saturated carbocycles. The second-order valence-corrected chi connectivity index (χ2v) is 8.13. The first-order chi connectivity index (χ1) is 9.95. The van der Waals surface area contributed by atoms with Gasteiger partial charge in [-0.25, -0.2) is 0 Å². The number of hydrogen-bond donors (Lipinski definition) is 0. The van der Waals surface area contributed by atoms with Crippen molar-refractivity contribution in [2.24, 2.45) is 29.1 Å². The third-order valence-electron chi connectivity index (χ3n) is 3.38. The molecule has 0 aliphatic heterocycles. The summed E-state index contributed by atoms with van der Waals surface area (Å²) in [5.74, 6) is -0.279. The largest absolute Gasteiger partial charge is 0.465 e. The number of ether oxygens (including phenoxy) is 2. The van der Waals surface area contributed by atoms with Crippen molar-refractivity contribution in [2.75, 3.05) is 13.2 Å². The fraction of sp³-hybridized carbons (Fsp3) is 0.889. The Morgan fingerprint density at radius 2 is 1.32 bits per heavy atom. The molecule has 2 atom stereocenters. The minimum absolute atomic E-state index is 0.112. The van der Waals surface area contributed by atoms with E-state index in [1.54, 1.807) is 0 Å². The fourth-order valence-corrected chi connectivity index (χ4v) is 2.48. The third kappa shape index (κ3) is 8.40. The second-order valence-electron chi connectivity index (χ2n) is 8.13. The lowest BCUT2D eigenvalue weighted by Crippen LogP contribution is -2.37. The molecule has 4 nitrogen and oxygen atoms in total. The van der Waals surface area contributed by atoms with Crippen molar-refractivity contribution in [3.63, 3.8) is 0 Å². The maximum Gasteiger partial charge on any atom is 0.309 e. The molecule has 0 amide bonds. The van der Waals surface area contributed by atoms with Crippen molar-refractivity contribution in [3.05, 3.63) is 0 Å². The van der Waals surface area contributed by atoms with Crippen LogP contribution in [0.2, 0.25) is 0 Å². The first-order valence-electron chi connectivity index (χ1n) is 8.27. The zero-order valence-electron chi connectivity index (χ0n) is 15.6. The van der Waals surface area contributed by atoms with Gasteiger partial charge in [-0.15, -0.1) is 0 Å². The predicted octanol–water partition coefficient (Wildman–Crippen LogP) is 4.07. The lowest BCUT2D eigenvalue weighted by Gasteiger charge is -2.33. The molecular formula is C18H34O4. The van der Waals surface area contributed by atoms with E-state index in [4.69, 9.17) is 9.47 Å². The zero-order chi connectivity index (χ0) is 17.5. The number of rotatable bonds is 8. The summed E-state index contributed by atoms with van der Waals surface area (Å²) in [6.45, 7) is 16.8. The van der Waals surface area contributed by atoms with Crippen molar-refractivity contribution in [2.45, 2.75) is 61.8 Å². The van der Waals surface area contributed by atoms with Crippen molar-refractivity contribution >= 4 is 11.9 Å². The first kappa shape index (κ1) is 20.9. The molecule has 0 aliphatic carbocycles. The lowest BCUT2D eigenvalue weighted by molar-refractivity contribution is -0.157. The minimum Gasteiger partial charge on any atom is -0.465 e. The van der Waals surface area contributed by atoms with Gasteiger partial charge in [0.1, 0.15) is 0 Å². The maximum absolute atomic E-state index is 12.4. The van der Waals surface area contributed by atoms with Gasteiger partial charge in [-0.1, -0.05) is 55.4 Å². The SMILES string of the molecule is CC(C)COC(=O)CC(C)C(C(=O)OCC(C)C)C(C)(C)C. The van der Waals surface area contributed by atoms with Gasteiger partial charge in [-0.2, -0.15) is 0 Å². The van der Waals surface area contributed by atoms with Crippen molar-refractivity contribution < 1.29 is 19.1 Å². The Morgan fingerprint density at radius 1 is 0.864 bits per heavy atom. The van der Waals surface area contributed by atoms with Crippen LogP contribution in [0.15, 0.2) is 0 Å². The van der Waals surface area contributed by atoms with Gasteiger partial charge in [-0.3, -0.25) is 9.59 Å². The van der Waals surface area contributed by atoms with E-state index in [1.165, 1.54) is 0 Å². The molecule has 0 saturated heterocycles. The van der Waals surface area contributed by atoms with Crippen LogP contribution in [0.5, 0.6) is 0 Å². The van der Waals surface area contributed by atoms with Crippen molar-refractivity contribution in [1.82, 2.24) is 0 Å². The molecular weight excluding hydrogens is 280 g/mol. The predicted molar refractivity (Wildman–Crippen MR) is 88.3 cm³/mol. The third-order valence-corrected chi connectivity index (χ3v) is 3.38. The van der Waals surface area contributed by atoms with Crippen LogP contribution >= 0.6 is 0 Å². The summed E-state index contributed by atoms with van der Waals surface area (Å²) in [6, 6.07) is 0. The van der Waals surface area contributed by atoms with Crippen LogP contribution in [0.4, 0.5) is 0 Å². The highest BCUT2D eigenvalue weighted by Crippen LogP contribution is 2.35. The second kappa shape index (κ2) is 9.16. The lowest BCUT2D eigenvalue weighted by atomic mass is 9.72. The summed E-state index contributed by atoms with van der Waals surface area (Å²) in [6.07, 6.45) is 0.242. The van der Waals surface area contributed by atoms with E-state index in [2.05, 4.69) is 0 Å². The van der Waals surface area contributed by atoms with Gasteiger partial charge < -0.3 is 9.47 Å². The molecule has 0 aromatic heterocycles. The molecule has 0 fully saturated rings. The van der Waals surface area contributed by atoms with E-state index in [9.17, 15) is 9.59 Å². The average Bonchev–Trinajstić information content (AvgIpc) is 2.32. The highest BCUT2D eigenvalue weighted by Gasteiger charge is 2.38. The molecule has 0 aliphatic rings. The van der Waals surface area contributed by atoms with Crippen LogP contribution in [0.3, 0.4) is 0 Å². The summed E-state index contributed by atoms with van der Waals surface area (Å²) in [7, 11) is 0. The normalized spacial score (nSPS) is 14.8. The standard InChI is InChI=1S/C18H34O4/c1-12(2)10-21-15(19)9-14(5)16(18(6,7)8)17(20)22-11-13(3)4/h12-14,16H,9-11H2,1-8H3. The maximum atomic E-state index is 12.4. The number of hydrogen-bond acceptors (Lipinski definition) is 4. The Hall–Kier alpha value is -1.06. The molecule has 0 rings (SSSR count). The van der Waals surface area contributed by atoms with Crippen LogP contribution in [-0.2, 0) is 19.1 Å². The van der Waals surface area contributed by atoms with E-state index in [0.717, 1.165) is 0 Å². The molecule has 4 heteroatoms. The molecule has 0 spiro atoms. The summed E-state index contributed by atoms with van der Waals surface area (Å²) in [5.41, 5.74) is -0.258. The topological polar surface area (TPSA) is 52.6 Å². The number of esters is 2. The molecule has 130 valence electrons. The molecule has 22 heavy (non-hydrogen) atoms. The highest BCUT2D eigenvalue weighted by molar-refractivity contribution is 5.76. The number of carbonyl (C=O) groups excluding carboxylic acids is 2. The Balaban J connectivity index is 4.75. The minimum atomic E-state index is -0.321. The van der Waals surface area contributed by atoms with Gasteiger partial charge >= 0.3 is 11.9 Å². The van der Waals surface area contributed by atoms with Crippen LogP contribution in [0.25, 0.3) is 0 Å². The van der Waals surface area contributed by atoms with Gasteiger partial charge in [0.25, 0.3) is 0 Å². The van der Waals surface area contributed by atoms with Crippen LogP contribution in [0, 0.1) is 29.1 Å². The monoisotopic (exact) mass is 314 g/mol. The van der Waals surface area contributed by atoms with Gasteiger partial charge in [0.2, 0.25) is 0 Å². The first-order valence-corrected chi connectivity index (χ1v) is 8.27. The summed E-state index contributed by atoms with van der Waals surface area (Å²) in [4.78, 5) is 24.3. The van der Waals surface area contributed by atoms with Gasteiger partial charge in [0.05, 0.1) is 19.1 Å². The van der Waals surface area contributed by atoms with E-state index in [1.807, 2.05) is 55.4 Å². The van der Waals surface area contributed by atoms with Gasteiger partial charge in [0, 0.05) is 6.42 Å². The van der Waals surface area contributed by atoms with E-state index < -0.39 is 0 Å². The van der Waals surface area contributed by atoms with Crippen molar-refractivity contribution in [1.29, 1.82) is 0 Å². The van der Waals surface area contributed by atoms with Crippen LogP contribution < -0.4 is 0 Å². The molecule has 0 N–H and O–H groups in total. The summed E-state index contributed by atoms with van der Waals surface area (Å²) < 4.78 is 10.6. The zero-order valence-corrected chi connectivity index (χ0v) is 15.6. The number of carbonyl (C=O) groups is 2. The van der Waals surface area contributed by atoms with Gasteiger partial charge in [-0.05, 0) is 23.2 Å². The van der Waals surface area contributed by atoms with Gasteiger partial charge in [0.15, 0.2) is 0 Å². The smallest absolute Gasteiger partial charge is 0.309 e. The van der Waals surface area contributed by atoms with Crippen LogP contribution in [-0.4, -0.2) is 25.2 Å². The molecule has 0 aromatic rings. The van der Waals surface area contributed by atoms with E-state index >= 15 is 0 Å². The summed E-state index contributed by atoms with van der Waals surface area (Å²) >= 11 is 0. The Bertz CT molecular complexity index is 353.